The average Bonchev–Trinajstić information content (AvgIpc) is 3.33. The molecule has 0 atom stereocenters. The Labute approximate surface area is 166 Å². The average molecular weight is 387 g/mol. The highest BCUT2D eigenvalue weighted by atomic mass is 16.5. The molecule has 1 aliphatic rings. The number of para-hydroxylation sites is 1. The van der Waals surface area contributed by atoms with E-state index in [9.17, 15) is 0 Å². The summed E-state index contributed by atoms with van der Waals surface area (Å²) in [5, 5.41) is 14.9. The minimum atomic E-state index is 0.270. The SMILES string of the molecule is CN=C(NCc1cccc(OC)c1OC1CCCC1)NCc1nnc(C)n1C. The molecule has 1 aromatic carbocycles. The molecule has 8 heteroatoms. The van der Waals surface area contributed by atoms with Gasteiger partial charge in [-0.15, -0.1) is 10.2 Å². The van der Waals surface area contributed by atoms with Gasteiger partial charge in [0, 0.05) is 26.2 Å². The van der Waals surface area contributed by atoms with Gasteiger partial charge in [0.1, 0.15) is 5.82 Å². The molecule has 0 saturated heterocycles. The Kier molecular flexibility index (Phi) is 6.73. The van der Waals surface area contributed by atoms with Crippen LogP contribution >= 0.6 is 0 Å². The molecule has 1 aliphatic carbocycles. The molecule has 1 saturated carbocycles. The molecular weight excluding hydrogens is 356 g/mol. The van der Waals surface area contributed by atoms with Gasteiger partial charge in [-0.2, -0.15) is 0 Å². The molecule has 2 N–H and O–H groups in total. The lowest BCUT2D eigenvalue weighted by atomic mass is 10.1. The number of hydrogen-bond acceptors (Lipinski definition) is 5. The number of guanidine groups is 1. The Hall–Kier alpha value is -2.77. The molecule has 0 aliphatic heterocycles. The van der Waals surface area contributed by atoms with Crippen molar-refractivity contribution in [3.63, 3.8) is 0 Å². The summed E-state index contributed by atoms with van der Waals surface area (Å²) >= 11 is 0. The highest BCUT2D eigenvalue weighted by molar-refractivity contribution is 5.79. The summed E-state index contributed by atoms with van der Waals surface area (Å²) in [5.74, 6) is 4.01. The van der Waals surface area contributed by atoms with E-state index in [-0.39, 0.29) is 6.10 Å². The topological polar surface area (TPSA) is 85.6 Å². The number of methoxy groups -OCH3 is 1. The van der Waals surface area contributed by atoms with Gasteiger partial charge in [-0.1, -0.05) is 12.1 Å². The van der Waals surface area contributed by atoms with Gasteiger partial charge in [-0.25, -0.2) is 0 Å². The van der Waals surface area contributed by atoms with Gasteiger partial charge < -0.3 is 24.7 Å². The Morgan fingerprint density at radius 3 is 2.61 bits per heavy atom. The van der Waals surface area contributed by atoms with Gasteiger partial charge >= 0.3 is 0 Å². The van der Waals surface area contributed by atoms with Crippen molar-refractivity contribution in [2.24, 2.45) is 12.0 Å². The van der Waals surface area contributed by atoms with Crippen LogP contribution in [0.15, 0.2) is 23.2 Å². The van der Waals surface area contributed by atoms with E-state index in [0.29, 0.717) is 19.0 Å². The maximum Gasteiger partial charge on any atom is 0.191 e. The van der Waals surface area contributed by atoms with Crippen LogP contribution in [0.3, 0.4) is 0 Å². The van der Waals surface area contributed by atoms with Gasteiger partial charge in [0.2, 0.25) is 0 Å². The standard InChI is InChI=1S/C20H30N6O2/c1-14-24-25-18(26(14)3)13-23-20(21-2)22-12-15-8-7-11-17(27-4)19(15)28-16-9-5-6-10-16/h7-8,11,16H,5-6,9-10,12-13H2,1-4H3,(H2,21,22,23). The van der Waals surface area contributed by atoms with Crippen LogP contribution in [0.5, 0.6) is 11.5 Å². The van der Waals surface area contributed by atoms with Crippen molar-refractivity contribution in [3.05, 3.63) is 35.4 Å². The van der Waals surface area contributed by atoms with Gasteiger partial charge in [0.15, 0.2) is 23.3 Å². The second kappa shape index (κ2) is 9.43. The first-order chi connectivity index (χ1) is 13.6. The summed E-state index contributed by atoms with van der Waals surface area (Å²) in [6.07, 6.45) is 4.93. The third-order valence-corrected chi connectivity index (χ3v) is 5.13. The van der Waals surface area contributed by atoms with Crippen LogP contribution in [0.4, 0.5) is 0 Å². The first kappa shape index (κ1) is 20.0. The van der Waals surface area contributed by atoms with Crippen LogP contribution in [0, 0.1) is 6.92 Å². The van der Waals surface area contributed by atoms with Crippen molar-refractivity contribution in [2.75, 3.05) is 14.2 Å². The largest absolute Gasteiger partial charge is 0.493 e. The summed E-state index contributed by atoms with van der Waals surface area (Å²) in [6.45, 7) is 3.05. The number of rotatable bonds is 7. The van der Waals surface area contributed by atoms with Crippen molar-refractivity contribution in [1.82, 2.24) is 25.4 Å². The summed E-state index contributed by atoms with van der Waals surface area (Å²) in [5.41, 5.74) is 1.05. The Balaban J connectivity index is 1.64. The summed E-state index contributed by atoms with van der Waals surface area (Å²) in [4.78, 5) is 4.30. The molecule has 1 heterocycles. The number of benzene rings is 1. The first-order valence-corrected chi connectivity index (χ1v) is 9.74. The van der Waals surface area contributed by atoms with E-state index in [0.717, 1.165) is 41.6 Å². The predicted octanol–water partition coefficient (Wildman–Crippen LogP) is 2.32. The van der Waals surface area contributed by atoms with E-state index in [1.165, 1.54) is 12.8 Å². The minimum absolute atomic E-state index is 0.270. The molecule has 0 bridgehead atoms. The fourth-order valence-corrected chi connectivity index (χ4v) is 3.34. The van der Waals surface area contributed by atoms with Gasteiger partial charge in [-0.05, 0) is 38.7 Å². The van der Waals surface area contributed by atoms with Crippen LogP contribution in [0.2, 0.25) is 0 Å². The van der Waals surface area contributed by atoms with Gasteiger partial charge in [-0.3, -0.25) is 4.99 Å². The monoisotopic (exact) mass is 386 g/mol. The van der Waals surface area contributed by atoms with E-state index in [4.69, 9.17) is 9.47 Å². The zero-order valence-electron chi connectivity index (χ0n) is 17.2. The first-order valence-electron chi connectivity index (χ1n) is 9.74. The van der Waals surface area contributed by atoms with E-state index in [1.807, 2.05) is 30.7 Å². The molecule has 3 rings (SSSR count). The van der Waals surface area contributed by atoms with Crippen molar-refractivity contribution in [2.45, 2.75) is 51.8 Å². The summed E-state index contributed by atoms with van der Waals surface area (Å²) < 4.78 is 13.8. The second-order valence-corrected chi connectivity index (χ2v) is 6.97. The maximum absolute atomic E-state index is 6.30. The fourth-order valence-electron chi connectivity index (χ4n) is 3.34. The van der Waals surface area contributed by atoms with Gasteiger partial charge in [0.25, 0.3) is 0 Å². The summed E-state index contributed by atoms with van der Waals surface area (Å²) in [6, 6.07) is 5.98. The second-order valence-electron chi connectivity index (χ2n) is 6.97. The highest BCUT2D eigenvalue weighted by Crippen LogP contribution is 2.34. The van der Waals surface area contributed by atoms with Gasteiger partial charge in [0.05, 0.1) is 19.8 Å². The molecule has 8 nitrogen and oxygen atoms in total. The number of ether oxygens (including phenoxy) is 2. The quantitative estimate of drug-likeness (QED) is 0.561. The van der Waals surface area contributed by atoms with Crippen LogP contribution in [-0.4, -0.2) is 41.0 Å². The van der Waals surface area contributed by atoms with Crippen molar-refractivity contribution < 1.29 is 9.47 Å². The highest BCUT2D eigenvalue weighted by Gasteiger charge is 2.20. The number of nitrogens with zero attached hydrogens (tertiary/aromatic N) is 4. The molecule has 0 amide bonds. The van der Waals surface area contributed by atoms with Crippen LogP contribution in [0.25, 0.3) is 0 Å². The Morgan fingerprint density at radius 2 is 1.96 bits per heavy atom. The molecule has 1 fully saturated rings. The molecule has 28 heavy (non-hydrogen) atoms. The van der Waals surface area contributed by atoms with E-state index in [2.05, 4.69) is 31.9 Å². The normalized spacial score (nSPS) is 14.9. The molecular formula is C20H30N6O2. The lowest BCUT2D eigenvalue weighted by Gasteiger charge is -2.20. The zero-order valence-corrected chi connectivity index (χ0v) is 17.2. The minimum Gasteiger partial charge on any atom is -0.493 e. The van der Waals surface area contributed by atoms with Crippen molar-refractivity contribution >= 4 is 5.96 Å². The molecule has 0 unspecified atom stereocenters. The number of aromatic nitrogens is 3. The van der Waals surface area contributed by atoms with E-state index in [1.54, 1.807) is 14.2 Å². The van der Waals surface area contributed by atoms with Crippen molar-refractivity contribution in [1.29, 1.82) is 0 Å². The zero-order chi connectivity index (χ0) is 19.9. The smallest absolute Gasteiger partial charge is 0.191 e. The number of nitrogens with one attached hydrogen (secondary N) is 2. The molecule has 152 valence electrons. The lowest BCUT2D eigenvalue weighted by molar-refractivity contribution is 0.198. The Morgan fingerprint density at radius 1 is 1.21 bits per heavy atom. The molecule has 1 aromatic heterocycles. The predicted molar refractivity (Wildman–Crippen MR) is 109 cm³/mol. The molecule has 2 aromatic rings. The molecule has 0 spiro atoms. The summed E-state index contributed by atoms with van der Waals surface area (Å²) in [7, 11) is 5.38. The van der Waals surface area contributed by atoms with Crippen LogP contribution < -0.4 is 20.1 Å². The Bertz CT molecular complexity index is 811. The van der Waals surface area contributed by atoms with Crippen LogP contribution in [0.1, 0.15) is 42.9 Å². The maximum atomic E-state index is 6.30. The molecule has 0 radical (unpaired) electrons. The third-order valence-electron chi connectivity index (χ3n) is 5.13. The van der Waals surface area contributed by atoms with Crippen LogP contribution in [-0.2, 0) is 20.1 Å². The number of hydrogen-bond donors (Lipinski definition) is 2. The van der Waals surface area contributed by atoms with E-state index >= 15 is 0 Å². The lowest BCUT2D eigenvalue weighted by Crippen LogP contribution is -2.37. The number of aryl methyl sites for hydroxylation is 1. The van der Waals surface area contributed by atoms with Crippen molar-refractivity contribution in [3.8, 4) is 11.5 Å². The van der Waals surface area contributed by atoms with E-state index < -0.39 is 0 Å². The third kappa shape index (κ3) is 4.74. The number of aliphatic imine (C=N–C) groups is 1. The fraction of sp³-hybridized carbons (Fsp3) is 0.550.